The number of amides is 1. The van der Waals surface area contributed by atoms with Crippen LogP contribution in [0.1, 0.15) is 22.1 Å². The summed E-state index contributed by atoms with van der Waals surface area (Å²) >= 11 is 7.25. The van der Waals surface area contributed by atoms with E-state index in [0.29, 0.717) is 27.9 Å². The van der Waals surface area contributed by atoms with E-state index >= 15 is 0 Å². The molecule has 1 aliphatic heterocycles. The Morgan fingerprint density at radius 2 is 2.19 bits per heavy atom. The van der Waals surface area contributed by atoms with Gasteiger partial charge in [0.25, 0.3) is 0 Å². The average molecular weight is 389 g/mol. The van der Waals surface area contributed by atoms with Gasteiger partial charge in [0.15, 0.2) is 5.82 Å². The van der Waals surface area contributed by atoms with Crippen LogP contribution in [0.3, 0.4) is 0 Å². The molecule has 0 fully saturated rings. The van der Waals surface area contributed by atoms with Gasteiger partial charge in [-0.1, -0.05) is 23.7 Å². The van der Waals surface area contributed by atoms with Crippen molar-refractivity contribution in [2.45, 2.75) is 12.2 Å². The van der Waals surface area contributed by atoms with Crippen LogP contribution in [0.4, 0.5) is 10.2 Å². The van der Waals surface area contributed by atoms with Gasteiger partial charge >= 0.3 is 0 Å². The number of nitrogens with one attached hydrogen (secondary N) is 1. The molecule has 3 aromatic rings. The highest BCUT2D eigenvalue weighted by atomic mass is 35.5. The average Bonchev–Trinajstić information content (AvgIpc) is 2.83. The molecular formula is C18H14ClFN4OS. The van der Waals surface area contributed by atoms with E-state index in [4.69, 9.17) is 11.6 Å². The standard InChI is InChI=1S/C18H14ClFN4OS/c1-10-16-17(12-6-5-11(19)8-13(12)20)26-9-15(25)22-18(16)24(23-10)14-4-2-3-7-21-14/h2-8,17H,9H2,1H3,(H,22,25)/t17-/m0/s1. The minimum absolute atomic E-state index is 0.162. The lowest BCUT2D eigenvalue weighted by molar-refractivity contribution is -0.113. The van der Waals surface area contributed by atoms with Crippen LogP contribution in [0.25, 0.3) is 5.82 Å². The van der Waals surface area contributed by atoms with Crippen molar-refractivity contribution in [1.29, 1.82) is 0 Å². The van der Waals surface area contributed by atoms with E-state index in [0.717, 1.165) is 5.56 Å². The molecular weight excluding hydrogens is 375 g/mol. The van der Waals surface area contributed by atoms with E-state index in [9.17, 15) is 9.18 Å². The highest BCUT2D eigenvalue weighted by Gasteiger charge is 2.32. The van der Waals surface area contributed by atoms with Gasteiger partial charge in [-0.05, 0) is 31.2 Å². The molecule has 1 aromatic carbocycles. The zero-order chi connectivity index (χ0) is 18.3. The third-order valence-electron chi connectivity index (χ3n) is 4.12. The smallest absolute Gasteiger partial charge is 0.235 e. The first-order valence-corrected chi connectivity index (χ1v) is 9.34. The number of thioether (sulfide) groups is 1. The van der Waals surface area contributed by atoms with Crippen LogP contribution in [0, 0.1) is 12.7 Å². The van der Waals surface area contributed by atoms with E-state index in [1.165, 1.54) is 17.8 Å². The molecule has 1 aliphatic rings. The number of carbonyl (C=O) groups is 1. The number of hydrogen-bond donors (Lipinski definition) is 1. The maximum Gasteiger partial charge on any atom is 0.235 e. The third-order valence-corrected chi connectivity index (χ3v) is 5.61. The van der Waals surface area contributed by atoms with E-state index in [1.54, 1.807) is 35.1 Å². The quantitative estimate of drug-likeness (QED) is 0.716. The van der Waals surface area contributed by atoms with Crippen LogP contribution in [-0.4, -0.2) is 26.4 Å². The van der Waals surface area contributed by atoms with Crippen LogP contribution < -0.4 is 5.32 Å². The molecule has 0 bridgehead atoms. The normalized spacial score (nSPS) is 16.7. The number of anilines is 1. The van der Waals surface area contributed by atoms with Crippen molar-refractivity contribution in [1.82, 2.24) is 14.8 Å². The zero-order valence-corrected chi connectivity index (χ0v) is 15.3. The van der Waals surface area contributed by atoms with Gasteiger partial charge in [-0.3, -0.25) is 4.79 Å². The summed E-state index contributed by atoms with van der Waals surface area (Å²) < 4.78 is 16.2. The predicted octanol–water partition coefficient (Wildman–Crippen LogP) is 4.14. The Bertz CT molecular complexity index is 992. The number of rotatable bonds is 2. The summed E-state index contributed by atoms with van der Waals surface area (Å²) in [5.41, 5.74) is 1.95. The van der Waals surface area contributed by atoms with Gasteiger partial charge in [-0.15, -0.1) is 11.8 Å². The van der Waals surface area contributed by atoms with Gasteiger partial charge in [0.2, 0.25) is 5.91 Å². The number of fused-ring (bicyclic) bond motifs is 1. The first-order valence-electron chi connectivity index (χ1n) is 7.92. The van der Waals surface area contributed by atoms with Crippen molar-refractivity contribution in [2.75, 3.05) is 11.1 Å². The molecule has 0 spiro atoms. The van der Waals surface area contributed by atoms with Crippen LogP contribution in [-0.2, 0) is 4.79 Å². The van der Waals surface area contributed by atoms with Crippen LogP contribution in [0.15, 0.2) is 42.6 Å². The van der Waals surface area contributed by atoms with Gasteiger partial charge in [0.1, 0.15) is 11.6 Å². The van der Waals surface area contributed by atoms with Gasteiger partial charge in [0.05, 0.1) is 16.7 Å². The lowest BCUT2D eigenvalue weighted by Gasteiger charge is -2.16. The fourth-order valence-electron chi connectivity index (χ4n) is 2.99. The molecule has 0 unspecified atom stereocenters. The fraction of sp³-hybridized carbons (Fsp3) is 0.167. The number of halogens is 2. The largest absolute Gasteiger partial charge is 0.310 e. The van der Waals surface area contributed by atoms with E-state index in [-0.39, 0.29) is 16.9 Å². The van der Waals surface area contributed by atoms with Gasteiger partial charge in [0, 0.05) is 22.3 Å². The summed E-state index contributed by atoms with van der Waals surface area (Å²) in [5, 5.41) is 7.39. The summed E-state index contributed by atoms with van der Waals surface area (Å²) in [4.78, 5) is 16.6. The number of hydrogen-bond acceptors (Lipinski definition) is 4. The third kappa shape index (κ3) is 2.97. The Hall–Kier alpha value is -2.38. The van der Waals surface area contributed by atoms with Crippen molar-refractivity contribution in [3.05, 3.63) is 70.3 Å². The molecule has 1 amide bonds. The highest BCUT2D eigenvalue weighted by Crippen LogP contribution is 2.44. The van der Waals surface area contributed by atoms with Crippen LogP contribution in [0.2, 0.25) is 5.02 Å². The summed E-state index contributed by atoms with van der Waals surface area (Å²) in [6, 6.07) is 10.0. The number of pyridine rings is 1. The Kier molecular flexibility index (Phi) is 4.42. The predicted molar refractivity (Wildman–Crippen MR) is 100 cm³/mol. The molecule has 0 saturated heterocycles. The number of carbonyl (C=O) groups excluding carboxylic acids is 1. The lowest BCUT2D eigenvalue weighted by atomic mass is 10.0. The van der Waals surface area contributed by atoms with Gasteiger partial charge in [-0.25, -0.2) is 9.37 Å². The zero-order valence-electron chi connectivity index (χ0n) is 13.7. The number of aromatic nitrogens is 3. The molecule has 1 atom stereocenters. The molecule has 2 aromatic heterocycles. The second kappa shape index (κ2) is 6.74. The van der Waals surface area contributed by atoms with E-state index in [2.05, 4.69) is 15.4 Å². The number of benzene rings is 1. The van der Waals surface area contributed by atoms with Crippen molar-refractivity contribution >= 4 is 35.1 Å². The Labute approximate surface area is 158 Å². The molecule has 0 radical (unpaired) electrons. The minimum atomic E-state index is -0.403. The highest BCUT2D eigenvalue weighted by molar-refractivity contribution is 8.00. The number of aryl methyl sites for hydroxylation is 1. The summed E-state index contributed by atoms with van der Waals surface area (Å²) in [6.45, 7) is 1.84. The topological polar surface area (TPSA) is 59.8 Å². The number of nitrogens with zero attached hydrogens (tertiary/aromatic N) is 3. The van der Waals surface area contributed by atoms with E-state index in [1.807, 2.05) is 13.0 Å². The van der Waals surface area contributed by atoms with Gasteiger partial charge < -0.3 is 5.32 Å². The maximum atomic E-state index is 14.6. The lowest BCUT2D eigenvalue weighted by Crippen LogP contribution is -2.16. The first kappa shape index (κ1) is 17.1. The molecule has 8 heteroatoms. The molecule has 1 N–H and O–H groups in total. The molecule has 4 rings (SSSR count). The second-order valence-corrected chi connectivity index (χ2v) is 7.38. The Balaban J connectivity index is 1.91. The van der Waals surface area contributed by atoms with Crippen molar-refractivity contribution in [3.63, 3.8) is 0 Å². The van der Waals surface area contributed by atoms with E-state index < -0.39 is 5.82 Å². The maximum absolute atomic E-state index is 14.6. The SMILES string of the molecule is Cc1nn(-c2ccccn2)c2c1[C@H](c1ccc(Cl)cc1F)SCC(=O)N2. The molecule has 0 aliphatic carbocycles. The van der Waals surface area contributed by atoms with Crippen LogP contribution >= 0.6 is 23.4 Å². The van der Waals surface area contributed by atoms with Crippen LogP contribution in [0.5, 0.6) is 0 Å². The second-order valence-electron chi connectivity index (χ2n) is 5.85. The fourth-order valence-corrected chi connectivity index (χ4v) is 4.36. The summed E-state index contributed by atoms with van der Waals surface area (Å²) in [5.74, 6) is 0.753. The van der Waals surface area contributed by atoms with Crippen molar-refractivity contribution in [3.8, 4) is 5.82 Å². The molecule has 5 nitrogen and oxygen atoms in total. The summed E-state index contributed by atoms with van der Waals surface area (Å²) in [7, 11) is 0. The molecule has 26 heavy (non-hydrogen) atoms. The molecule has 132 valence electrons. The Morgan fingerprint density at radius 3 is 2.92 bits per heavy atom. The van der Waals surface area contributed by atoms with Crippen molar-refractivity contribution < 1.29 is 9.18 Å². The first-order chi connectivity index (χ1) is 12.5. The monoisotopic (exact) mass is 388 g/mol. The minimum Gasteiger partial charge on any atom is -0.310 e. The molecule has 3 heterocycles. The molecule has 0 saturated carbocycles. The summed E-state index contributed by atoms with van der Waals surface area (Å²) in [6.07, 6.45) is 1.66. The van der Waals surface area contributed by atoms with Crippen molar-refractivity contribution in [2.24, 2.45) is 0 Å². The van der Waals surface area contributed by atoms with Gasteiger partial charge in [-0.2, -0.15) is 9.78 Å². The Morgan fingerprint density at radius 1 is 1.35 bits per heavy atom.